The predicted octanol–water partition coefficient (Wildman–Crippen LogP) is 5.22. The molecule has 3 atom stereocenters. The molecule has 0 radical (unpaired) electrons. The van der Waals surface area contributed by atoms with Crippen LogP contribution in [0, 0.1) is 17.8 Å². The van der Waals surface area contributed by atoms with E-state index in [1.807, 2.05) is 0 Å². The van der Waals surface area contributed by atoms with Gasteiger partial charge in [0.1, 0.15) is 34.7 Å². The second kappa shape index (κ2) is 26.4. The normalized spacial score (nSPS) is 19.7. The van der Waals surface area contributed by atoms with E-state index in [1.54, 1.807) is 32.9 Å². The molecule has 3 aliphatic heterocycles. The number of likely N-dealkylation sites (tertiary alicyclic amines) is 3. The van der Waals surface area contributed by atoms with Crippen LogP contribution >= 0.6 is 0 Å². The summed E-state index contributed by atoms with van der Waals surface area (Å²) >= 11 is 0. The zero-order valence-corrected chi connectivity index (χ0v) is 33.0. The highest BCUT2D eigenvalue weighted by Gasteiger charge is 2.33. The minimum absolute atomic E-state index is 0.00742. The van der Waals surface area contributed by atoms with Crippen molar-refractivity contribution >= 4 is 52.4 Å². The first kappa shape index (κ1) is 47.7. The Labute approximate surface area is 321 Å². The van der Waals surface area contributed by atoms with Crippen LogP contribution in [0.25, 0.3) is 0 Å². The number of ketones is 6. The lowest BCUT2D eigenvalue weighted by molar-refractivity contribution is -0.143. The maximum Gasteiger partial charge on any atom is 0.226 e. The van der Waals surface area contributed by atoms with Crippen LogP contribution in [-0.2, 0) is 43.2 Å². The molecule has 0 saturated carbocycles. The molecule has 0 aromatic heterocycles. The van der Waals surface area contributed by atoms with Gasteiger partial charge in [-0.25, -0.2) is 0 Å². The molecule has 12 nitrogen and oxygen atoms in total. The first-order valence-electron chi connectivity index (χ1n) is 19.4. The van der Waals surface area contributed by atoms with Gasteiger partial charge in [0.25, 0.3) is 0 Å². The lowest BCUT2D eigenvalue weighted by Crippen LogP contribution is -2.44. The Morgan fingerprint density at radius 2 is 0.815 bits per heavy atom. The van der Waals surface area contributed by atoms with Crippen LogP contribution in [0.2, 0.25) is 0 Å². The highest BCUT2D eigenvalue weighted by Crippen LogP contribution is 2.24. The zero-order chi connectivity index (χ0) is 40.6. The number of nitrogens with zero attached hydrogens (tertiary/aromatic N) is 3. The molecule has 0 bridgehead atoms. The SMILES string of the molecule is C=CCCC(=O)C[C@H]1CCCCN(CC(C)=O)C1=O.C=CCCC(=O)C[C@H]1CCCN(CC(C)=O)C1=O.C=CCCC(=O)C[C@H]1CCN(CC(C)=O)C1=O. The van der Waals surface area contributed by atoms with Crippen molar-refractivity contribution in [2.45, 2.75) is 117 Å². The molecule has 3 heterocycles. The molecular formula is C42H63N3O9. The minimum atomic E-state index is -0.237. The van der Waals surface area contributed by atoms with Gasteiger partial charge in [-0.1, -0.05) is 24.6 Å². The Kier molecular flexibility index (Phi) is 23.3. The number of allylic oxidation sites excluding steroid dienone is 3. The minimum Gasteiger partial charge on any atom is -0.335 e. The Bertz CT molecular complexity index is 1370. The van der Waals surface area contributed by atoms with Gasteiger partial charge in [-0.3, -0.25) is 43.2 Å². The average molecular weight is 754 g/mol. The van der Waals surface area contributed by atoms with E-state index < -0.39 is 0 Å². The number of carbonyl (C=O) groups excluding carboxylic acids is 9. The number of hydrogen-bond acceptors (Lipinski definition) is 9. The van der Waals surface area contributed by atoms with Gasteiger partial charge in [0.2, 0.25) is 17.7 Å². The maximum absolute atomic E-state index is 12.3. The smallest absolute Gasteiger partial charge is 0.226 e. The van der Waals surface area contributed by atoms with Crippen molar-refractivity contribution in [3.05, 3.63) is 38.0 Å². The maximum atomic E-state index is 12.3. The summed E-state index contributed by atoms with van der Waals surface area (Å²) in [5.41, 5.74) is 0. The third-order valence-corrected chi connectivity index (χ3v) is 9.49. The molecule has 0 spiro atoms. The van der Waals surface area contributed by atoms with Crippen molar-refractivity contribution in [3.63, 3.8) is 0 Å². The Balaban J connectivity index is 0.000000406. The largest absolute Gasteiger partial charge is 0.335 e. The van der Waals surface area contributed by atoms with E-state index in [-0.39, 0.29) is 89.8 Å². The molecule has 3 saturated heterocycles. The van der Waals surface area contributed by atoms with Crippen molar-refractivity contribution in [2.24, 2.45) is 17.8 Å². The third-order valence-electron chi connectivity index (χ3n) is 9.49. The zero-order valence-electron chi connectivity index (χ0n) is 33.0. The fourth-order valence-corrected chi connectivity index (χ4v) is 6.77. The van der Waals surface area contributed by atoms with Crippen LogP contribution in [0.5, 0.6) is 0 Å². The van der Waals surface area contributed by atoms with Gasteiger partial charge in [-0.05, 0) is 72.1 Å². The van der Waals surface area contributed by atoms with Crippen molar-refractivity contribution in [1.29, 1.82) is 0 Å². The molecular weight excluding hydrogens is 690 g/mol. The van der Waals surface area contributed by atoms with Gasteiger partial charge >= 0.3 is 0 Å². The topological polar surface area (TPSA) is 163 Å². The lowest BCUT2D eigenvalue weighted by atomic mass is 9.91. The first-order chi connectivity index (χ1) is 25.6. The molecule has 54 heavy (non-hydrogen) atoms. The summed E-state index contributed by atoms with van der Waals surface area (Å²) in [6.45, 7) is 17.6. The van der Waals surface area contributed by atoms with Crippen LogP contribution in [0.1, 0.15) is 117 Å². The molecule has 3 fully saturated rings. The van der Waals surface area contributed by atoms with E-state index in [0.29, 0.717) is 83.8 Å². The molecule has 0 aliphatic carbocycles. The number of hydrogen-bond donors (Lipinski definition) is 0. The summed E-state index contributed by atoms with van der Waals surface area (Å²) in [5.74, 6) is -0.504. The molecule has 300 valence electrons. The number of carbonyl (C=O) groups is 9. The van der Waals surface area contributed by atoms with Crippen molar-refractivity contribution in [3.8, 4) is 0 Å². The van der Waals surface area contributed by atoms with Gasteiger partial charge in [0.05, 0.1) is 19.6 Å². The quantitative estimate of drug-likeness (QED) is 0.143. The molecule has 3 rings (SSSR count). The standard InChI is InChI=1S/C15H23NO3.C14H21NO3.C13H19NO3/c1-3-4-8-14(18)10-13-7-5-6-9-16(15(13)19)11-12(2)17;1-3-4-7-13(17)9-12-6-5-8-15(14(12)18)10-11(2)16;1-3-4-5-12(16)8-11-6-7-14(13(11)17)9-10(2)15/h3,13H,1,4-11H2,2H3;3,12H,1,4-10H2,2H3;3,11H,1,4-9H2,2H3/t13-;12-;11-/m111/s1. The Morgan fingerprint density at radius 1 is 0.500 bits per heavy atom. The van der Waals surface area contributed by atoms with E-state index >= 15 is 0 Å². The van der Waals surface area contributed by atoms with Crippen molar-refractivity contribution in [2.75, 3.05) is 39.3 Å². The first-order valence-corrected chi connectivity index (χ1v) is 19.4. The second-order valence-corrected chi connectivity index (χ2v) is 14.6. The van der Waals surface area contributed by atoms with Gasteiger partial charge in [-0.2, -0.15) is 0 Å². The summed E-state index contributed by atoms with van der Waals surface area (Å²) in [6, 6.07) is 0. The highest BCUT2D eigenvalue weighted by molar-refractivity contribution is 5.92. The Morgan fingerprint density at radius 3 is 1.17 bits per heavy atom. The van der Waals surface area contributed by atoms with Crippen LogP contribution < -0.4 is 0 Å². The summed E-state index contributed by atoms with van der Waals surface area (Å²) in [5, 5.41) is 0. The summed E-state index contributed by atoms with van der Waals surface area (Å²) < 4.78 is 0. The molecule has 3 amide bonds. The number of Topliss-reactive ketones (excluding diaryl/α,β-unsaturated/α-hetero) is 6. The second-order valence-electron chi connectivity index (χ2n) is 14.6. The monoisotopic (exact) mass is 753 g/mol. The van der Waals surface area contributed by atoms with Crippen LogP contribution in [0.15, 0.2) is 38.0 Å². The molecule has 3 aliphatic rings. The van der Waals surface area contributed by atoms with Crippen LogP contribution in [0.3, 0.4) is 0 Å². The molecule has 0 aromatic rings. The van der Waals surface area contributed by atoms with Crippen molar-refractivity contribution < 1.29 is 43.2 Å². The van der Waals surface area contributed by atoms with Gasteiger partial charge in [0.15, 0.2) is 0 Å². The number of amides is 3. The van der Waals surface area contributed by atoms with E-state index in [1.165, 1.54) is 20.8 Å². The van der Waals surface area contributed by atoms with E-state index in [9.17, 15) is 43.2 Å². The number of piperidine rings is 1. The van der Waals surface area contributed by atoms with E-state index in [4.69, 9.17) is 0 Å². The van der Waals surface area contributed by atoms with Gasteiger partial charge in [0, 0.05) is 75.9 Å². The van der Waals surface area contributed by atoms with Gasteiger partial charge in [-0.15, -0.1) is 19.7 Å². The molecule has 0 aromatic carbocycles. The number of rotatable bonds is 21. The molecule has 0 N–H and O–H groups in total. The van der Waals surface area contributed by atoms with Crippen molar-refractivity contribution in [1.82, 2.24) is 14.7 Å². The fraction of sp³-hybridized carbons (Fsp3) is 0.643. The third kappa shape index (κ3) is 19.1. The van der Waals surface area contributed by atoms with Crippen LogP contribution in [-0.4, -0.2) is 106 Å². The summed E-state index contributed by atoms with van der Waals surface area (Å²) in [6.07, 6.45) is 14.3. The van der Waals surface area contributed by atoms with Crippen LogP contribution in [0.4, 0.5) is 0 Å². The molecule has 12 heteroatoms. The summed E-state index contributed by atoms with van der Waals surface area (Å²) in [4.78, 5) is 109. The summed E-state index contributed by atoms with van der Waals surface area (Å²) in [7, 11) is 0. The van der Waals surface area contributed by atoms with E-state index in [0.717, 1.165) is 32.1 Å². The average Bonchev–Trinajstić information content (AvgIpc) is 3.34. The predicted molar refractivity (Wildman–Crippen MR) is 207 cm³/mol. The lowest BCUT2D eigenvalue weighted by Gasteiger charge is -2.31. The molecule has 0 unspecified atom stereocenters. The van der Waals surface area contributed by atoms with Gasteiger partial charge < -0.3 is 14.7 Å². The highest BCUT2D eigenvalue weighted by atomic mass is 16.2. The van der Waals surface area contributed by atoms with E-state index in [2.05, 4.69) is 19.7 Å². The Hall–Kier alpha value is -4.35. The fourth-order valence-electron chi connectivity index (χ4n) is 6.77.